The first-order valence-corrected chi connectivity index (χ1v) is 5.74. The van der Waals surface area contributed by atoms with Crippen molar-refractivity contribution in [2.75, 3.05) is 6.61 Å². The van der Waals surface area contributed by atoms with Crippen LogP contribution in [0.1, 0.15) is 37.7 Å². The Labute approximate surface area is 95.1 Å². The van der Waals surface area contributed by atoms with E-state index in [4.69, 9.17) is 4.74 Å². The van der Waals surface area contributed by atoms with Gasteiger partial charge in [0.05, 0.1) is 12.5 Å². The van der Waals surface area contributed by atoms with Gasteiger partial charge in [0.1, 0.15) is 5.82 Å². The van der Waals surface area contributed by atoms with Crippen LogP contribution in [0.3, 0.4) is 0 Å². The van der Waals surface area contributed by atoms with Crippen molar-refractivity contribution in [3.05, 3.63) is 23.8 Å². The fourth-order valence-corrected chi connectivity index (χ4v) is 1.78. The zero-order valence-corrected chi connectivity index (χ0v) is 9.64. The van der Waals surface area contributed by atoms with Crippen molar-refractivity contribution in [1.29, 1.82) is 0 Å². The molecule has 4 heteroatoms. The maximum atomic E-state index is 11.5. The Bertz CT molecular complexity index is 392. The molecule has 1 aliphatic carbocycles. The van der Waals surface area contributed by atoms with Gasteiger partial charge >= 0.3 is 5.97 Å². The first-order valence-electron chi connectivity index (χ1n) is 5.74. The van der Waals surface area contributed by atoms with Crippen molar-refractivity contribution in [3.63, 3.8) is 0 Å². The van der Waals surface area contributed by atoms with E-state index in [0.717, 1.165) is 24.4 Å². The van der Waals surface area contributed by atoms with Crippen molar-refractivity contribution in [3.8, 4) is 0 Å². The molecule has 4 nitrogen and oxygen atoms in total. The van der Waals surface area contributed by atoms with Crippen molar-refractivity contribution < 1.29 is 9.53 Å². The predicted octanol–water partition coefficient (Wildman–Crippen LogP) is 1.71. The molecule has 86 valence electrons. The van der Waals surface area contributed by atoms with E-state index in [1.54, 1.807) is 6.20 Å². The zero-order chi connectivity index (χ0) is 11.5. The lowest BCUT2D eigenvalue weighted by atomic mass is 10.2. The van der Waals surface area contributed by atoms with Gasteiger partial charge in [-0.05, 0) is 25.8 Å². The summed E-state index contributed by atoms with van der Waals surface area (Å²) in [4.78, 5) is 20.1. The summed E-state index contributed by atoms with van der Waals surface area (Å²) in [5.41, 5.74) is 1.03. The summed E-state index contributed by atoms with van der Waals surface area (Å²) in [5.74, 6) is 0.827. The molecule has 2 atom stereocenters. The third kappa shape index (κ3) is 2.21. The Hall–Kier alpha value is -1.45. The van der Waals surface area contributed by atoms with Crippen LogP contribution in [0.5, 0.6) is 0 Å². The van der Waals surface area contributed by atoms with E-state index in [0.29, 0.717) is 6.61 Å². The summed E-state index contributed by atoms with van der Waals surface area (Å²) < 4.78 is 4.98. The fraction of sp³-hybridized carbons (Fsp3) is 0.583. The minimum absolute atomic E-state index is 0.0212. The van der Waals surface area contributed by atoms with Crippen LogP contribution < -0.4 is 0 Å². The monoisotopic (exact) mass is 220 g/mol. The van der Waals surface area contributed by atoms with Crippen LogP contribution >= 0.6 is 0 Å². The topological polar surface area (TPSA) is 52.1 Å². The molecule has 0 amide bonds. The number of esters is 1. The van der Waals surface area contributed by atoms with Gasteiger partial charge in [-0.3, -0.25) is 4.79 Å². The molecule has 1 aliphatic rings. The highest BCUT2D eigenvalue weighted by Crippen LogP contribution is 2.46. The Morgan fingerprint density at radius 1 is 1.56 bits per heavy atom. The lowest BCUT2D eigenvalue weighted by molar-refractivity contribution is -0.144. The number of rotatable bonds is 4. The molecule has 0 aliphatic heterocycles. The maximum Gasteiger partial charge on any atom is 0.309 e. The molecule has 1 aromatic rings. The summed E-state index contributed by atoms with van der Waals surface area (Å²) in [6.45, 7) is 4.32. The molecule has 1 saturated carbocycles. The van der Waals surface area contributed by atoms with Gasteiger partial charge in [-0.15, -0.1) is 0 Å². The van der Waals surface area contributed by atoms with Crippen molar-refractivity contribution in [1.82, 2.24) is 9.97 Å². The molecular formula is C12H16N2O2. The van der Waals surface area contributed by atoms with Crippen molar-refractivity contribution in [2.45, 2.75) is 32.6 Å². The highest BCUT2D eigenvalue weighted by Gasteiger charge is 2.47. The van der Waals surface area contributed by atoms with Gasteiger partial charge in [0.15, 0.2) is 0 Å². The third-order valence-corrected chi connectivity index (χ3v) is 2.81. The quantitative estimate of drug-likeness (QED) is 0.725. The zero-order valence-electron chi connectivity index (χ0n) is 9.64. The van der Waals surface area contributed by atoms with Gasteiger partial charge in [0.2, 0.25) is 0 Å². The number of hydrogen-bond acceptors (Lipinski definition) is 4. The smallest absolute Gasteiger partial charge is 0.309 e. The van der Waals surface area contributed by atoms with Crippen LogP contribution in [0.25, 0.3) is 0 Å². The average molecular weight is 220 g/mol. The predicted molar refractivity (Wildman–Crippen MR) is 58.9 cm³/mol. The van der Waals surface area contributed by atoms with E-state index in [1.165, 1.54) is 0 Å². The Morgan fingerprint density at radius 2 is 2.38 bits per heavy atom. The summed E-state index contributed by atoms with van der Waals surface area (Å²) in [6, 6.07) is 1.91. The van der Waals surface area contributed by atoms with Crippen LogP contribution in [-0.4, -0.2) is 22.5 Å². The first-order chi connectivity index (χ1) is 7.76. The highest BCUT2D eigenvalue weighted by atomic mass is 16.5. The largest absolute Gasteiger partial charge is 0.466 e. The molecule has 0 N–H and O–H groups in total. The lowest BCUT2D eigenvalue weighted by Gasteiger charge is -2.01. The SMILES string of the molecule is CCOC(=O)[C@H]1C[C@@H]1c1nccc(CC)n1. The summed E-state index contributed by atoms with van der Waals surface area (Å²) in [5, 5.41) is 0. The van der Waals surface area contributed by atoms with E-state index < -0.39 is 0 Å². The minimum Gasteiger partial charge on any atom is -0.466 e. The Kier molecular flexibility index (Phi) is 3.17. The average Bonchev–Trinajstić information content (AvgIpc) is 3.09. The van der Waals surface area contributed by atoms with Crippen molar-refractivity contribution in [2.24, 2.45) is 5.92 Å². The van der Waals surface area contributed by atoms with Gasteiger partial charge in [-0.25, -0.2) is 9.97 Å². The number of carbonyl (C=O) groups is 1. The van der Waals surface area contributed by atoms with Crippen LogP contribution in [0, 0.1) is 5.92 Å². The second kappa shape index (κ2) is 4.60. The van der Waals surface area contributed by atoms with Gasteiger partial charge in [-0.1, -0.05) is 6.92 Å². The van der Waals surface area contributed by atoms with Crippen LogP contribution in [-0.2, 0) is 16.0 Å². The van der Waals surface area contributed by atoms with Crippen LogP contribution in [0.15, 0.2) is 12.3 Å². The molecular weight excluding hydrogens is 204 g/mol. The molecule has 0 saturated heterocycles. The van der Waals surface area contributed by atoms with Gasteiger partial charge < -0.3 is 4.74 Å². The van der Waals surface area contributed by atoms with Crippen molar-refractivity contribution >= 4 is 5.97 Å². The molecule has 0 unspecified atom stereocenters. The second-order valence-corrected chi connectivity index (χ2v) is 3.96. The molecule has 0 spiro atoms. The molecule has 0 aromatic carbocycles. The number of aryl methyl sites for hydroxylation is 1. The highest BCUT2D eigenvalue weighted by molar-refractivity contribution is 5.77. The third-order valence-electron chi connectivity index (χ3n) is 2.81. The lowest BCUT2D eigenvalue weighted by Crippen LogP contribution is -2.08. The van der Waals surface area contributed by atoms with E-state index in [2.05, 4.69) is 16.9 Å². The summed E-state index contributed by atoms with van der Waals surface area (Å²) in [7, 11) is 0. The fourth-order valence-electron chi connectivity index (χ4n) is 1.78. The number of hydrogen-bond donors (Lipinski definition) is 0. The number of carbonyl (C=O) groups excluding carboxylic acids is 1. The molecule has 1 heterocycles. The van der Waals surface area contributed by atoms with E-state index in [9.17, 15) is 4.79 Å². The summed E-state index contributed by atoms with van der Waals surface area (Å²) in [6.07, 6.45) is 3.49. The molecule has 1 fully saturated rings. The van der Waals surface area contributed by atoms with Gasteiger partial charge in [0.25, 0.3) is 0 Å². The van der Waals surface area contributed by atoms with Gasteiger partial charge in [0, 0.05) is 17.8 Å². The number of aromatic nitrogens is 2. The van der Waals surface area contributed by atoms with Crippen LogP contribution in [0.4, 0.5) is 0 Å². The molecule has 0 radical (unpaired) electrons. The molecule has 1 aromatic heterocycles. The Morgan fingerprint density at radius 3 is 3.06 bits per heavy atom. The molecule has 16 heavy (non-hydrogen) atoms. The Balaban J connectivity index is 2.02. The van der Waals surface area contributed by atoms with E-state index >= 15 is 0 Å². The maximum absolute atomic E-state index is 11.5. The number of nitrogens with zero attached hydrogens (tertiary/aromatic N) is 2. The first kappa shape index (κ1) is 11.0. The molecule has 2 rings (SSSR count). The minimum atomic E-state index is -0.113. The number of ether oxygens (including phenoxy) is 1. The normalized spacial score (nSPS) is 22.9. The van der Waals surface area contributed by atoms with E-state index in [1.807, 2.05) is 13.0 Å². The van der Waals surface area contributed by atoms with E-state index in [-0.39, 0.29) is 17.8 Å². The standard InChI is InChI=1S/C12H16N2O2/c1-3-8-5-6-13-11(14-8)9-7-10(9)12(15)16-4-2/h5-6,9-10H,3-4,7H2,1-2H3/t9-,10-/m0/s1. The second-order valence-electron chi connectivity index (χ2n) is 3.96. The molecule has 0 bridgehead atoms. The summed E-state index contributed by atoms with van der Waals surface area (Å²) >= 11 is 0. The van der Waals surface area contributed by atoms with Gasteiger partial charge in [-0.2, -0.15) is 0 Å². The van der Waals surface area contributed by atoms with Crippen LogP contribution in [0.2, 0.25) is 0 Å².